The van der Waals surface area contributed by atoms with Crippen LogP contribution in [-0.4, -0.2) is 37.2 Å². The molecule has 0 N–H and O–H groups in total. The van der Waals surface area contributed by atoms with Crippen LogP contribution < -0.4 is 0 Å². The van der Waals surface area contributed by atoms with Gasteiger partial charge in [-0.15, -0.1) is 0 Å². The molecule has 0 aliphatic carbocycles. The van der Waals surface area contributed by atoms with Gasteiger partial charge in [-0.3, -0.25) is 14.4 Å². The Kier molecular flexibility index (Phi) is 64.7. The number of esters is 3. The fraction of sp³-hybridized carbons (Fsp3) is 0.795. The van der Waals surface area contributed by atoms with Gasteiger partial charge in [-0.05, 0) is 89.9 Å². The summed E-state index contributed by atoms with van der Waals surface area (Å²) in [6.07, 6.45) is 87.9. The molecular weight excluding hydrogens is 973 g/mol. The molecular formula is C73H130O6. The Morgan fingerprint density at radius 3 is 0.823 bits per heavy atom. The molecule has 0 spiro atoms. The molecule has 0 aromatic heterocycles. The van der Waals surface area contributed by atoms with Gasteiger partial charge in [0.05, 0.1) is 0 Å². The fourth-order valence-electron chi connectivity index (χ4n) is 10.1. The van der Waals surface area contributed by atoms with Crippen molar-refractivity contribution in [3.63, 3.8) is 0 Å². The minimum atomic E-state index is -0.795. The average Bonchev–Trinajstić information content (AvgIpc) is 3.45. The Labute approximate surface area is 491 Å². The van der Waals surface area contributed by atoms with Gasteiger partial charge in [0.1, 0.15) is 13.2 Å². The third kappa shape index (κ3) is 65.5. The molecule has 1 atom stereocenters. The summed E-state index contributed by atoms with van der Waals surface area (Å²) < 4.78 is 16.9. The van der Waals surface area contributed by atoms with Crippen LogP contribution >= 0.6 is 0 Å². The van der Waals surface area contributed by atoms with E-state index in [9.17, 15) is 14.4 Å². The number of allylic oxidation sites excluding steroid dienone is 12. The van der Waals surface area contributed by atoms with E-state index < -0.39 is 6.10 Å². The minimum absolute atomic E-state index is 0.0873. The largest absolute Gasteiger partial charge is 0.462 e. The van der Waals surface area contributed by atoms with E-state index in [0.29, 0.717) is 19.3 Å². The average molecular weight is 1100 g/mol. The van der Waals surface area contributed by atoms with Crippen LogP contribution in [0.25, 0.3) is 0 Å². The van der Waals surface area contributed by atoms with E-state index in [1.165, 1.54) is 225 Å². The molecule has 1 unspecified atom stereocenters. The molecule has 0 amide bonds. The quantitative estimate of drug-likeness (QED) is 0.0261. The van der Waals surface area contributed by atoms with E-state index in [4.69, 9.17) is 14.2 Å². The lowest BCUT2D eigenvalue weighted by molar-refractivity contribution is -0.167. The number of ether oxygens (including phenoxy) is 3. The normalized spacial score (nSPS) is 12.5. The molecule has 0 heterocycles. The third-order valence-corrected chi connectivity index (χ3v) is 15.2. The van der Waals surface area contributed by atoms with Crippen LogP contribution in [0.15, 0.2) is 72.9 Å². The van der Waals surface area contributed by atoms with Crippen LogP contribution in [0.4, 0.5) is 0 Å². The predicted octanol–water partition coefficient (Wildman–Crippen LogP) is 23.7. The summed E-state index contributed by atoms with van der Waals surface area (Å²) in [7, 11) is 0. The maximum atomic E-state index is 12.9. The maximum absolute atomic E-state index is 12.9. The third-order valence-electron chi connectivity index (χ3n) is 15.2. The highest BCUT2D eigenvalue weighted by Crippen LogP contribution is 2.18. The standard InChI is InChI=1S/C73H130O6/c1-4-7-10-13-16-19-22-25-28-30-32-33-34-35-36-37-38-39-41-42-45-48-51-54-57-60-63-66-72(75)78-69-70(68-77-71(74)65-62-59-56-53-50-47-44-27-24-21-18-15-12-9-6-3)79-73(76)67-64-61-58-55-52-49-46-43-40-31-29-26-23-20-17-14-11-8-5-2/h9,12,17-18,20-21,26-27,29,44,50,53,70H,4-8,10-11,13-16,19,22-25,28,30-43,45-49,51-52,54-69H2,1-3H3/b12-9-,20-17-,21-18-,29-26-,44-27-,53-50-. The highest BCUT2D eigenvalue weighted by Gasteiger charge is 2.19. The number of carbonyl (C=O) groups is 3. The highest BCUT2D eigenvalue weighted by molar-refractivity contribution is 5.71. The van der Waals surface area contributed by atoms with Crippen molar-refractivity contribution >= 4 is 17.9 Å². The van der Waals surface area contributed by atoms with Gasteiger partial charge < -0.3 is 14.2 Å². The number of carbonyl (C=O) groups excluding carboxylic acids is 3. The molecule has 0 aliphatic heterocycles. The van der Waals surface area contributed by atoms with Gasteiger partial charge in [0.15, 0.2) is 6.10 Å². The molecule has 0 saturated carbocycles. The topological polar surface area (TPSA) is 78.9 Å². The Hall–Kier alpha value is -3.15. The van der Waals surface area contributed by atoms with E-state index in [0.717, 1.165) is 89.9 Å². The van der Waals surface area contributed by atoms with Gasteiger partial charge in [-0.1, -0.05) is 318 Å². The van der Waals surface area contributed by atoms with Crippen LogP contribution in [0.3, 0.4) is 0 Å². The van der Waals surface area contributed by atoms with Crippen LogP contribution in [0, 0.1) is 0 Å². The van der Waals surface area contributed by atoms with Gasteiger partial charge in [-0.2, -0.15) is 0 Å². The van der Waals surface area contributed by atoms with Gasteiger partial charge in [0.25, 0.3) is 0 Å². The molecule has 458 valence electrons. The first kappa shape index (κ1) is 75.8. The molecule has 0 rings (SSSR count). The summed E-state index contributed by atoms with van der Waals surface area (Å²) in [5.74, 6) is -0.916. The molecule has 0 fully saturated rings. The zero-order valence-corrected chi connectivity index (χ0v) is 52.6. The molecule has 6 heteroatoms. The molecule has 0 bridgehead atoms. The van der Waals surface area contributed by atoms with Crippen molar-refractivity contribution in [3.8, 4) is 0 Å². The van der Waals surface area contributed by atoms with Crippen LogP contribution in [0.2, 0.25) is 0 Å². The van der Waals surface area contributed by atoms with Gasteiger partial charge >= 0.3 is 17.9 Å². The van der Waals surface area contributed by atoms with Crippen LogP contribution in [0.1, 0.15) is 355 Å². The van der Waals surface area contributed by atoms with Crippen LogP contribution in [-0.2, 0) is 28.6 Å². The zero-order valence-electron chi connectivity index (χ0n) is 52.6. The minimum Gasteiger partial charge on any atom is -0.462 e. The summed E-state index contributed by atoms with van der Waals surface area (Å²) in [6.45, 7) is 6.52. The molecule has 0 aliphatic rings. The summed E-state index contributed by atoms with van der Waals surface area (Å²) in [5, 5.41) is 0. The lowest BCUT2D eigenvalue weighted by Crippen LogP contribution is -2.30. The summed E-state index contributed by atoms with van der Waals surface area (Å²) >= 11 is 0. The summed E-state index contributed by atoms with van der Waals surface area (Å²) in [4.78, 5) is 38.4. The smallest absolute Gasteiger partial charge is 0.306 e. The SMILES string of the molecule is CC/C=C\C/C=C\C/C=C\C/C=C\CCCCC(=O)OCC(COC(=O)CCCCCCCCCCCCCCCCCCCCCCCCCCCCC)OC(=O)CCCCCCCCCCC/C=C\C/C=C\CCCCC. The summed E-state index contributed by atoms with van der Waals surface area (Å²) in [6, 6.07) is 0. The first-order chi connectivity index (χ1) is 39.0. The van der Waals surface area contributed by atoms with E-state index in [1.807, 2.05) is 0 Å². The van der Waals surface area contributed by atoms with Crippen molar-refractivity contribution in [3.05, 3.63) is 72.9 Å². The maximum Gasteiger partial charge on any atom is 0.306 e. The number of hydrogen-bond donors (Lipinski definition) is 0. The van der Waals surface area contributed by atoms with Crippen LogP contribution in [0.5, 0.6) is 0 Å². The number of unbranched alkanes of at least 4 members (excludes halogenated alkanes) is 40. The van der Waals surface area contributed by atoms with E-state index in [1.54, 1.807) is 0 Å². The lowest BCUT2D eigenvalue weighted by Gasteiger charge is -2.18. The summed E-state index contributed by atoms with van der Waals surface area (Å²) in [5.41, 5.74) is 0. The lowest BCUT2D eigenvalue weighted by atomic mass is 10.0. The van der Waals surface area contributed by atoms with E-state index in [2.05, 4.69) is 93.7 Å². The van der Waals surface area contributed by atoms with Crippen molar-refractivity contribution in [2.75, 3.05) is 13.2 Å². The first-order valence-corrected chi connectivity index (χ1v) is 34.4. The van der Waals surface area contributed by atoms with E-state index in [-0.39, 0.29) is 31.1 Å². The second-order valence-corrected chi connectivity index (χ2v) is 23.1. The van der Waals surface area contributed by atoms with Gasteiger partial charge in [0, 0.05) is 19.3 Å². The number of rotatable bonds is 63. The monoisotopic (exact) mass is 1100 g/mol. The Morgan fingerprint density at radius 1 is 0.266 bits per heavy atom. The second kappa shape index (κ2) is 67.4. The van der Waals surface area contributed by atoms with Crippen molar-refractivity contribution in [2.45, 2.75) is 361 Å². The van der Waals surface area contributed by atoms with Crippen molar-refractivity contribution in [2.24, 2.45) is 0 Å². The molecule has 6 nitrogen and oxygen atoms in total. The molecule has 0 radical (unpaired) electrons. The molecule has 0 aromatic rings. The molecule has 79 heavy (non-hydrogen) atoms. The van der Waals surface area contributed by atoms with Crippen molar-refractivity contribution in [1.82, 2.24) is 0 Å². The Bertz CT molecular complexity index is 1450. The Morgan fingerprint density at radius 2 is 0.494 bits per heavy atom. The van der Waals surface area contributed by atoms with Crippen molar-refractivity contribution in [1.29, 1.82) is 0 Å². The second-order valence-electron chi connectivity index (χ2n) is 23.1. The van der Waals surface area contributed by atoms with Crippen molar-refractivity contribution < 1.29 is 28.6 Å². The molecule has 0 aromatic carbocycles. The molecule has 0 saturated heterocycles. The predicted molar refractivity (Wildman–Crippen MR) is 344 cm³/mol. The van der Waals surface area contributed by atoms with Gasteiger partial charge in [0.2, 0.25) is 0 Å². The number of hydrogen-bond acceptors (Lipinski definition) is 6. The Balaban J connectivity index is 4.28. The zero-order chi connectivity index (χ0) is 57.1. The van der Waals surface area contributed by atoms with Gasteiger partial charge in [-0.25, -0.2) is 0 Å². The fourth-order valence-corrected chi connectivity index (χ4v) is 10.1. The highest BCUT2D eigenvalue weighted by atomic mass is 16.6. The van der Waals surface area contributed by atoms with E-state index >= 15 is 0 Å². The first-order valence-electron chi connectivity index (χ1n) is 34.4.